The summed E-state index contributed by atoms with van der Waals surface area (Å²) in [6.45, 7) is 4.92. The summed E-state index contributed by atoms with van der Waals surface area (Å²) in [5, 5.41) is 3.64. The SMILES string of the molecule is Cc1noc(C)c1S(=O)(=O)NCC1CCOC1. The predicted molar refractivity (Wildman–Crippen MR) is 60.1 cm³/mol. The second-order valence-corrected chi connectivity index (χ2v) is 5.94. The van der Waals surface area contributed by atoms with Crippen molar-refractivity contribution in [3.05, 3.63) is 11.5 Å². The van der Waals surface area contributed by atoms with Gasteiger partial charge in [-0.1, -0.05) is 5.16 Å². The van der Waals surface area contributed by atoms with Crippen LogP contribution in [-0.2, 0) is 14.8 Å². The maximum Gasteiger partial charge on any atom is 0.245 e. The molecular formula is C10H16N2O4S. The van der Waals surface area contributed by atoms with Crippen molar-refractivity contribution in [2.75, 3.05) is 19.8 Å². The van der Waals surface area contributed by atoms with Crippen LogP contribution < -0.4 is 4.72 Å². The zero-order valence-corrected chi connectivity index (χ0v) is 10.7. The van der Waals surface area contributed by atoms with Gasteiger partial charge in [0.05, 0.1) is 6.61 Å². The molecule has 0 aromatic carbocycles. The number of aryl methyl sites for hydroxylation is 2. The summed E-state index contributed by atoms with van der Waals surface area (Å²) in [7, 11) is -3.53. The van der Waals surface area contributed by atoms with Crippen LogP contribution in [0.25, 0.3) is 0 Å². The van der Waals surface area contributed by atoms with Crippen molar-refractivity contribution in [3.63, 3.8) is 0 Å². The van der Waals surface area contributed by atoms with E-state index in [-0.39, 0.29) is 10.8 Å². The molecule has 1 atom stereocenters. The largest absolute Gasteiger partial charge is 0.381 e. The Bertz CT molecular complexity index is 469. The van der Waals surface area contributed by atoms with Crippen LogP contribution in [-0.4, -0.2) is 33.3 Å². The van der Waals surface area contributed by atoms with E-state index in [1.807, 2.05) is 0 Å². The number of ether oxygens (including phenoxy) is 1. The normalized spacial score (nSPS) is 20.9. The van der Waals surface area contributed by atoms with Gasteiger partial charge in [-0.15, -0.1) is 0 Å². The zero-order valence-electron chi connectivity index (χ0n) is 9.89. The monoisotopic (exact) mass is 260 g/mol. The van der Waals surface area contributed by atoms with Crippen LogP contribution in [0.15, 0.2) is 9.42 Å². The summed E-state index contributed by atoms with van der Waals surface area (Å²) < 4.78 is 36.7. The second kappa shape index (κ2) is 4.75. The number of nitrogens with zero attached hydrogens (tertiary/aromatic N) is 1. The Morgan fingerprint density at radius 2 is 2.24 bits per heavy atom. The second-order valence-electron chi connectivity index (χ2n) is 4.23. The zero-order chi connectivity index (χ0) is 12.5. The fourth-order valence-corrected chi connectivity index (χ4v) is 3.34. The molecule has 0 saturated carbocycles. The molecule has 1 aliphatic rings. The van der Waals surface area contributed by atoms with Gasteiger partial charge in [0.15, 0.2) is 5.76 Å². The third-order valence-electron chi connectivity index (χ3n) is 2.82. The van der Waals surface area contributed by atoms with Crippen LogP contribution in [0.5, 0.6) is 0 Å². The smallest absolute Gasteiger partial charge is 0.245 e. The van der Waals surface area contributed by atoms with Crippen molar-refractivity contribution in [3.8, 4) is 0 Å². The average Bonchev–Trinajstić information content (AvgIpc) is 2.86. The van der Waals surface area contributed by atoms with E-state index < -0.39 is 10.0 Å². The lowest BCUT2D eigenvalue weighted by Gasteiger charge is -2.09. The highest BCUT2D eigenvalue weighted by Crippen LogP contribution is 2.19. The number of hydrogen-bond donors (Lipinski definition) is 1. The minimum absolute atomic E-state index is 0.149. The molecule has 2 heterocycles. The molecule has 1 N–H and O–H groups in total. The van der Waals surface area contributed by atoms with Gasteiger partial charge in [-0.3, -0.25) is 0 Å². The van der Waals surface area contributed by atoms with E-state index in [1.165, 1.54) is 0 Å². The summed E-state index contributed by atoms with van der Waals surface area (Å²) in [6, 6.07) is 0. The molecule has 17 heavy (non-hydrogen) atoms. The van der Waals surface area contributed by atoms with E-state index in [0.29, 0.717) is 31.2 Å². The molecule has 1 aromatic heterocycles. The van der Waals surface area contributed by atoms with Crippen LogP contribution in [0.3, 0.4) is 0 Å². The Balaban J connectivity index is 2.08. The average molecular weight is 260 g/mol. The summed E-state index contributed by atoms with van der Waals surface area (Å²) in [4.78, 5) is 0.149. The fraction of sp³-hybridized carbons (Fsp3) is 0.700. The molecule has 1 saturated heterocycles. The van der Waals surface area contributed by atoms with Gasteiger partial charge in [0, 0.05) is 13.2 Å². The Morgan fingerprint density at radius 3 is 2.76 bits per heavy atom. The molecule has 1 aromatic rings. The Kier molecular flexibility index (Phi) is 3.50. The molecule has 96 valence electrons. The highest BCUT2D eigenvalue weighted by Gasteiger charge is 2.25. The van der Waals surface area contributed by atoms with Gasteiger partial charge in [0.1, 0.15) is 10.6 Å². The Hall–Kier alpha value is -0.920. The van der Waals surface area contributed by atoms with Gasteiger partial charge in [-0.05, 0) is 26.2 Å². The molecule has 1 unspecified atom stereocenters. The predicted octanol–water partition coefficient (Wildman–Crippen LogP) is 0.606. The van der Waals surface area contributed by atoms with Gasteiger partial charge in [-0.2, -0.15) is 0 Å². The summed E-state index contributed by atoms with van der Waals surface area (Å²) in [5.41, 5.74) is 0.387. The van der Waals surface area contributed by atoms with Gasteiger partial charge in [0.25, 0.3) is 0 Å². The van der Waals surface area contributed by atoms with E-state index in [9.17, 15) is 8.42 Å². The Labute approximate surface area is 100 Å². The lowest BCUT2D eigenvalue weighted by Crippen LogP contribution is -2.30. The number of hydrogen-bond acceptors (Lipinski definition) is 5. The molecule has 7 heteroatoms. The maximum absolute atomic E-state index is 12.0. The van der Waals surface area contributed by atoms with Crippen molar-refractivity contribution in [2.45, 2.75) is 25.2 Å². The van der Waals surface area contributed by atoms with Crippen molar-refractivity contribution < 1.29 is 17.7 Å². The van der Waals surface area contributed by atoms with Crippen molar-refractivity contribution in [1.29, 1.82) is 0 Å². The number of rotatable bonds is 4. The number of sulfonamides is 1. The summed E-state index contributed by atoms with van der Waals surface area (Å²) >= 11 is 0. The number of nitrogens with one attached hydrogen (secondary N) is 1. The van der Waals surface area contributed by atoms with Gasteiger partial charge in [0.2, 0.25) is 10.0 Å². The Morgan fingerprint density at radius 1 is 1.47 bits per heavy atom. The van der Waals surface area contributed by atoms with Crippen molar-refractivity contribution in [1.82, 2.24) is 9.88 Å². The highest BCUT2D eigenvalue weighted by atomic mass is 32.2. The van der Waals surface area contributed by atoms with Crippen LogP contribution in [0.1, 0.15) is 17.9 Å². The van der Waals surface area contributed by atoms with Crippen molar-refractivity contribution in [2.24, 2.45) is 5.92 Å². The first-order chi connectivity index (χ1) is 8.00. The van der Waals surface area contributed by atoms with Crippen LogP contribution >= 0.6 is 0 Å². The molecule has 0 aliphatic carbocycles. The van der Waals surface area contributed by atoms with Crippen molar-refractivity contribution >= 4 is 10.0 Å². The topological polar surface area (TPSA) is 81.4 Å². The van der Waals surface area contributed by atoms with E-state index in [1.54, 1.807) is 13.8 Å². The minimum Gasteiger partial charge on any atom is -0.381 e. The van der Waals surface area contributed by atoms with E-state index in [4.69, 9.17) is 9.26 Å². The third-order valence-corrected chi connectivity index (χ3v) is 4.49. The van der Waals surface area contributed by atoms with Gasteiger partial charge >= 0.3 is 0 Å². The molecular weight excluding hydrogens is 244 g/mol. The quantitative estimate of drug-likeness (QED) is 0.857. The van der Waals surface area contributed by atoms with Gasteiger partial charge < -0.3 is 9.26 Å². The molecule has 2 rings (SSSR count). The lowest BCUT2D eigenvalue weighted by atomic mass is 10.1. The highest BCUT2D eigenvalue weighted by molar-refractivity contribution is 7.89. The van der Waals surface area contributed by atoms with E-state index >= 15 is 0 Å². The van der Waals surface area contributed by atoms with Crippen LogP contribution in [0, 0.1) is 19.8 Å². The molecule has 0 bridgehead atoms. The molecule has 6 nitrogen and oxygen atoms in total. The minimum atomic E-state index is -3.53. The van der Waals surface area contributed by atoms with E-state index in [2.05, 4.69) is 9.88 Å². The number of aromatic nitrogens is 1. The maximum atomic E-state index is 12.0. The molecule has 0 radical (unpaired) electrons. The first kappa shape index (κ1) is 12.5. The van der Waals surface area contributed by atoms with E-state index in [0.717, 1.165) is 6.42 Å². The first-order valence-electron chi connectivity index (χ1n) is 5.51. The van der Waals surface area contributed by atoms with Crippen LogP contribution in [0.4, 0.5) is 0 Å². The standard InChI is InChI=1S/C10H16N2O4S/c1-7-10(8(2)16-12-7)17(13,14)11-5-9-3-4-15-6-9/h9,11H,3-6H2,1-2H3. The summed E-state index contributed by atoms with van der Waals surface area (Å²) in [5.74, 6) is 0.572. The molecule has 0 spiro atoms. The summed E-state index contributed by atoms with van der Waals surface area (Å²) in [6.07, 6.45) is 0.893. The third kappa shape index (κ3) is 2.67. The molecule has 0 amide bonds. The lowest BCUT2D eigenvalue weighted by molar-refractivity contribution is 0.186. The van der Waals surface area contributed by atoms with Gasteiger partial charge in [-0.25, -0.2) is 13.1 Å². The van der Waals surface area contributed by atoms with Crippen LogP contribution in [0.2, 0.25) is 0 Å². The fourth-order valence-electron chi connectivity index (χ4n) is 1.90. The molecule has 1 fully saturated rings. The molecule has 1 aliphatic heterocycles. The first-order valence-corrected chi connectivity index (χ1v) is 6.99.